The van der Waals surface area contributed by atoms with Gasteiger partial charge in [-0.1, -0.05) is 29.2 Å². The van der Waals surface area contributed by atoms with Crippen molar-refractivity contribution in [3.8, 4) is 0 Å². The molecule has 0 saturated heterocycles. The Morgan fingerprint density at radius 2 is 1.95 bits per heavy atom. The number of aryl methyl sites for hydroxylation is 1. The minimum atomic E-state index is 0.627. The van der Waals surface area contributed by atoms with E-state index >= 15 is 0 Å². The summed E-state index contributed by atoms with van der Waals surface area (Å²) in [4.78, 5) is 0.820. The Bertz CT molecular complexity index is 709. The summed E-state index contributed by atoms with van der Waals surface area (Å²) in [5.74, 6) is 0. The van der Waals surface area contributed by atoms with Crippen LogP contribution in [0.2, 0.25) is 5.02 Å². The van der Waals surface area contributed by atoms with Crippen LogP contribution in [0.25, 0.3) is 5.70 Å². The van der Waals surface area contributed by atoms with Crippen molar-refractivity contribution in [3.63, 3.8) is 0 Å². The van der Waals surface area contributed by atoms with Gasteiger partial charge in [0.25, 0.3) is 0 Å². The van der Waals surface area contributed by atoms with Crippen molar-refractivity contribution >= 4 is 54.6 Å². The zero-order valence-corrected chi connectivity index (χ0v) is 13.6. The van der Waals surface area contributed by atoms with Crippen LogP contribution in [0.5, 0.6) is 0 Å². The number of benzene rings is 2. The smallest absolute Gasteiger partial charge is 0.113 e. The maximum absolute atomic E-state index is 6.07. The molecule has 2 rings (SSSR count). The van der Waals surface area contributed by atoms with Gasteiger partial charge in [-0.25, -0.2) is 0 Å². The van der Waals surface area contributed by atoms with E-state index in [9.17, 15) is 0 Å². The molecule has 0 aliphatic rings. The molecule has 0 bridgehead atoms. The van der Waals surface area contributed by atoms with Gasteiger partial charge in [0, 0.05) is 26.9 Å². The first-order chi connectivity index (χ1) is 9.88. The van der Waals surface area contributed by atoms with Gasteiger partial charge in [0.15, 0.2) is 0 Å². The molecule has 2 aromatic rings. The Morgan fingerprint density at radius 3 is 2.57 bits per heavy atom. The summed E-state index contributed by atoms with van der Waals surface area (Å²) >= 11 is 10.5. The monoisotopic (exact) mass is 314 g/mol. The lowest BCUT2D eigenvalue weighted by Gasteiger charge is -2.17. The van der Waals surface area contributed by atoms with Crippen molar-refractivity contribution in [3.05, 3.63) is 57.5 Å². The molecule has 0 saturated carbocycles. The van der Waals surface area contributed by atoms with Gasteiger partial charge in [0.2, 0.25) is 0 Å². The van der Waals surface area contributed by atoms with E-state index in [1.165, 1.54) is 0 Å². The summed E-state index contributed by atoms with van der Waals surface area (Å²) in [6, 6.07) is 11.1. The molecule has 0 amide bonds. The van der Waals surface area contributed by atoms with Crippen molar-refractivity contribution < 1.29 is 0 Å². The second-order valence-electron chi connectivity index (χ2n) is 4.89. The molecule has 0 aliphatic carbocycles. The molecule has 0 atom stereocenters. The van der Waals surface area contributed by atoms with Gasteiger partial charge >= 0.3 is 0 Å². The second-order valence-corrected chi connectivity index (χ2v) is 6.00. The van der Waals surface area contributed by atoms with Crippen LogP contribution < -0.4 is 16.5 Å². The highest BCUT2D eigenvalue weighted by molar-refractivity contribution is 7.84. The van der Waals surface area contributed by atoms with E-state index in [1.54, 1.807) is 12.1 Å². The lowest BCUT2D eigenvalue weighted by molar-refractivity contribution is 1.43. The van der Waals surface area contributed by atoms with Crippen molar-refractivity contribution in [1.82, 2.24) is 0 Å². The molecule has 0 aliphatic heterocycles. The Kier molecular flexibility index (Phi) is 4.91. The van der Waals surface area contributed by atoms with Gasteiger partial charge < -0.3 is 11.1 Å². The molecule has 0 heterocycles. The summed E-state index contributed by atoms with van der Waals surface area (Å²) in [6.07, 6.45) is 0. The fourth-order valence-corrected chi connectivity index (χ4v) is 2.41. The highest BCUT2D eigenvalue weighted by Gasteiger charge is 2.10. The Morgan fingerprint density at radius 1 is 1.24 bits per heavy atom. The number of allylic oxidation sites excluding steroid dienone is 1. The molecular formula is C16H16BClN2S. The van der Waals surface area contributed by atoms with Gasteiger partial charge in [0.1, 0.15) is 7.85 Å². The number of hydrogen-bond acceptors (Lipinski definition) is 3. The highest BCUT2D eigenvalue weighted by Crippen LogP contribution is 2.30. The Hall–Kier alpha value is -1.52. The second kappa shape index (κ2) is 6.50. The van der Waals surface area contributed by atoms with Gasteiger partial charge in [-0.15, -0.1) is 12.6 Å². The lowest BCUT2D eigenvalue weighted by Crippen LogP contribution is -2.08. The molecule has 106 valence electrons. The molecule has 2 nitrogen and oxygen atoms in total. The van der Waals surface area contributed by atoms with Crippen molar-refractivity contribution in [2.75, 3.05) is 11.1 Å². The number of nitrogens with one attached hydrogen (secondary N) is 1. The summed E-state index contributed by atoms with van der Waals surface area (Å²) in [7, 11) is 5.78. The number of thiol groups is 1. The minimum Gasteiger partial charge on any atom is -0.398 e. The molecule has 0 aromatic heterocycles. The number of rotatable bonds is 3. The van der Waals surface area contributed by atoms with Crippen molar-refractivity contribution in [1.29, 1.82) is 0 Å². The summed E-state index contributed by atoms with van der Waals surface area (Å²) in [6.45, 7) is 3.89. The Balaban J connectivity index is 2.46. The van der Waals surface area contributed by atoms with Crippen LogP contribution in [-0.2, 0) is 0 Å². The van der Waals surface area contributed by atoms with Gasteiger partial charge in [-0.3, -0.25) is 0 Å². The van der Waals surface area contributed by atoms with Gasteiger partial charge in [0.05, 0.1) is 5.70 Å². The lowest BCUT2D eigenvalue weighted by atomic mass is 9.94. The average Bonchev–Trinajstić information content (AvgIpc) is 2.41. The largest absolute Gasteiger partial charge is 0.398 e. The minimum absolute atomic E-state index is 0.627. The number of nitrogen functional groups attached to an aromatic ring is 1. The molecule has 3 N–H and O–H groups in total. The summed E-state index contributed by atoms with van der Waals surface area (Å²) < 4.78 is 0. The molecule has 21 heavy (non-hydrogen) atoms. The molecule has 0 fully saturated rings. The van der Waals surface area contributed by atoms with Crippen LogP contribution in [0.3, 0.4) is 0 Å². The fourth-order valence-electron chi connectivity index (χ4n) is 2.06. The van der Waals surface area contributed by atoms with E-state index in [1.807, 2.05) is 38.1 Å². The highest BCUT2D eigenvalue weighted by atomic mass is 35.5. The number of hydrogen-bond donors (Lipinski definition) is 3. The van der Waals surface area contributed by atoms with Crippen LogP contribution in [-0.4, -0.2) is 7.85 Å². The quantitative estimate of drug-likeness (QED) is 0.458. The molecule has 0 spiro atoms. The molecular weight excluding hydrogens is 299 g/mol. The first-order valence-corrected chi connectivity index (χ1v) is 7.29. The number of halogens is 1. The maximum Gasteiger partial charge on any atom is 0.113 e. The van der Waals surface area contributed by atoms with Crippen LogP contribution in [0.15, 0.2) is 41.3 Å². The first kappa shape index (κ1) is 15.9. The summed E-state index contributed by atoms with van der Waals surface area (Å²) in [5, 5.41) is 3.99. The number of nitrogens with two attached hydrogens (primary N) is 1. The van der Waals surface area contributed by atoms with Crippen LogP contribution >= 0.6 is 24.2 Å². The fraction of sp³-hybridized carbons (Fsp3) is 0.125. The summed E-state index contributed by atoms with van der Waals surface area (Å²) in [5.41, 5.74) is 11.1. The van der Waals surface area contributed by atoms with Gasteiger partial charge in [-0.2, -0.15) is 0 Å². The average molecular weight is 315 g/mol. The van der Waals surface area contributed by atoms with Crippen molar-refractivity contribution in [2.24, 2.45) is 0 Å². The zero-order chi connectivity index (χ0) is 15.6. The molecule has 5 heteroatoms. The van der Waals surface area contributed by atoms with Crippen molar-refractivity contribution in [2.45, 2.75) is 13.8 Å². The third-order valence-corrected chi connectivity index (χ3v) is 3.62. The predicted molar refractivity (Wildman–Crippen MR) is 97.6 cm³/mol. The van der Waals surface area contributed by atoms with E-state index in [2.05, 4.69) is 17.9 Å². The molecule has 2 radical (unpaired) electrons. The van der Waals surface area contributed by atoms with E-state index in [0.717, 1.165) is 32.9 Å². The molecule has 0 unspecified atom stereocenters. The van der Waals surface area contributed by atoms with E-state index in [4.69, 9.17) is 25.2 Å². The topological polar surface area (TPSA) is 38.0 Å². The third kappa shape index (κ3) is 3.77. The van der Waals surface area contributed by atoms with Gasteiger partial charge in [-0.05, 0) is 43.7 Å². The Labute approximate surface area is 137 Å². The van der Waals surface area contributed by atoms with Crippen LogP contribution in [0, 0.1) is 6.92 Å². The standard InChI is InChI=1S/C16H16BClN2S/c1-9-7-11(17)3-6-15(9)20-16(10(2)21)13-8-12(18)4-5-14(13)19/h3-8,20-21H,19H2,1-2H3/b16-10-. The van der Waals surface area contributed by atoms with Crippen LogP contribution in [0.1, 0.15) is 18.1 Å². The van der Waals surface area contributed by atoms with E-state index in [-0.39, 0.29) is 0 Å². The maximum atomic E-state index is 6.07. The van der Waals surface area contributed by atoms with E-state index < -0.39 is 0 Å². The van der Waals surface area contributed by atoms with E-state index in [0.29, 0.717) is 10.7 Å². The number of anilines is 2. The zero-order valence-electron chi connectivity index (χ0n) is 11.9. The predicted octanol–water partition coefficient (Wildman–Crippen LogP) is 3.75. The normalized spacial score (nSPS) is 12.0. The molecule has 2 aromatic carbocycles. The first-order valence-electron chi connectivity index (χ1n) is 6.47. The SMILES string of the molecule is [B]c1ccc(N/C(=C(/C)S)c2cc(Cl)ccc2N)c(C)c1. The van der Waals surface area contributed by atoms with Crippen LogP contribution in [0.4, 0.5) is 11.4 Å². The third-order valence-electron chi connectivity index (χ3n) is 3.16.